The van der Waals surface area contributed by atoms with Gasteiger partial charge < -0.3 is 10.2 Å². The number of carbonyl (C=O) groups is 1. The first-order chi connectivity index (χ1) is 9.61. The molecule has 1 amide bonds. The number of amides is 1. The highest BCUT2D eigenvalue weighted by Crippen LogP contribution is 2.37. The van der Waals surface area contributed by atoms with E-state index in [0.29, 0.717) is 5.82 Å². The van der Waals surface area contributed by atoms with Crippen LogP contribution in [0, 0.1) is 25.7 Å². The lowest BCUT2D eigenvalue weighted by Crippen LogP contribution is -2.37. The van der Waals surface area contributed by atoms with Gasteiger partial charge in [-0.15, -0.1) is 0 Å². The molecule has 1 aliphatic rings. The van der Waals surface area contributed by atoms with Crippen molar-refractivity contribution in [2.45, 2.75) is 20.0 Å². The molecule has 118 valence electrons. The van der Waals surface area contributed by atoms with Gasteiger partial charge in [0.25, 0.3) is 0 Å². The Bertz CT molecular complexity index is 552. The Kier molecular flexibility index (Phi) is 4.01. The van der Waals surface area contributed by atoms with Gasteiger partial charge in [-0.1, -0.05) is 0 Å². The molecule has 0 aromatic carbocycles. The second kappa shape index (κ2) is 5.32. The van der Waals surface area contributed by atoms with Crippen molar-refractivity contribution in [1.82, 2.24) is 14.7 Å². The van der Waals surface area contributed by atoms with E-state index in [4.69, 9.17) is 0 Å². The van der Waals surface area contributed by atoms with Crippen molar-refractivity contribution >= 4 is 11.7 Å². The Morgan fingerprint density at radius 3 is 2.38 bits per heavy atom. The number of anilines is 1. The molecule has 0 spiro atoms. The second-order valence-electron chi connectivity index (χ2n) is 5.65. The number of aromatic nitrogens is 2. The number of hydrogen-bond donors (Lipinski definition) is 1. The molecule has 1 aliphatic heterocycles. The molecule has 8 heteroatoms. The number of halogens is 3. The summed E-state index contributed by atoms with van der Waals surface area (Å²) < 4.78 is 40.5. The molecule has 1 fully saturated rings. The fourth-order valence-electron chi connectivity index (χ4n) is 2.75. The summed E-state index contributed by atoms with van der Waals surface area (Å²) in [5, 5.41) is 6.74. The number of nitrogens with zero attached hydrogens (tertiary/aromatic N) is 3. The summed E-state index contributed by atoms with van der Waals surface area (Å²) in [6.07, 6.45) is -4.37. The third kappa shape index (κ3) is 3.04. The summed E-state index contributed by atoms with van der Waals surface area (Å²) in [5.74, 6) is -2.87. The van der Waals surface area contributed by atoms with Crippen LogP contribution in [0.2, 0.25) is 0 Å². The van der Waals surface area contributed by atoms with Crippen molar-refractivity contribution in [3.63, 3.8) is 0 Å². The zero-order valence-electron chi connectivity index (χ0n) is 12.5. The van der Waals surface area contributed by atoms with Gasteiger partial charge in [0.2, 0.25) is 5.91 Å². The highest BCUT2D eigenvalue weighted by molar-refractivity contribution is 5.93. The van der Waals surface area contributed by atoms with Gasteiger partial charge in [-0.25, -0.2) is 0 Å². The molecule has 0 bridgehead atoms. The molecule has 2 rings (SSSR count). The number of likely N-dealkylation sites (tertiary alicyclic amines) is 1. The van der Waals surface area contributed by atoms with Crippen LogP contribution in [-0.2, 0) is 11.8 Å². The Hall–Kier alpha value is -1.57. The van der Waals surface area contributed by atoms with Crippen LogP contribution in [0.15, 0.2) is 0 Å². The van der Waals surface area contributed by atoms with Gasteiger partial charge >= 0.3 is 6.18 Å². The van der Waals surface area contributed by atoms with Gasteiger partial charge in [-0.2, -0.15) is 18.3 Å². The molecule has 1 aromatic heterocycles. The summed E-state index contributed by atoms with van der Waals surface area (Å²) in [5.41, 5.74) is 1.50. The topological polar surface area (TPSA) is 50.2 Å². The highest BCUT2D eigenvalue weighted by Gasteiger charge is 2.51. The maximum absolute atomic E-state index is 13.0. The lowest BCUT2D eigenvalue weighted by Gasteiger charge is -2.20. The fraction of sp³-hybridized carbons (Fsp3) is 0.692. The first-order valence-electron chi connectivity index (χ1n) is 6.67. The summed E-state index contributed by atoms with van der Waals surface area (Å²) in [4.78, 5) is 13.8. The van der Waals surface area contributed by atoms with Crippen LogP contribution in [0.3, 0.4) is 0 Å². The Morgan fingerprint density at radius 2 is 1.90 bits per heavy atom. The van der Waals surface area contributed by atoms with Crippen LogP contribution in [0.25, 0.3) is 0 Å². The van der Waals surface area contributed by atoms with Gasteiger partial charge in [0.05, 0.1) is 17.5 Å². The molecule has 2 atom stereocenters. The van der Waals surface area contributed by atoms with Crippen molar-refractivity contribution in [2.75, 3.05) is 25.5 Å². The Labute approximate surface area is 121 Å². The highest BCUT2D eigenvalue weighted by atomic mass is 19.4. The van der Waals surface area contributed by atoms with Gasteiger partial charge in [-0.3, -0.25) is 9.48 Å². The minimum Gasteiger partial charge on any atom is -0.310 e. The number of hydrogen-bond acceptors (Lipinski definition) is 3. The van der Waals surface area contributed by atoms with E-state index in [0.717, 1.165) is 11.3 Å². The quantitative estimate of drug-likeness (QED) is 0.905. The van der Waals surface area contributed by atoms with Crippen molar-refractivity contribution in [1.29, 1.82) is 0 Å². The summed E-state index contributed by atoms with van der Waals surface area (Å²) in [6, 6.07) is 0. The van der Waals surface area contributed by atoms with Gasteiger partial charge in [0.15, 0.2) is 0 Å². The maximum atomic E-state index is 13.0. The van der Waals surface area contributed by atoms with Crippen LogP contribution in [0.5, 0.6) is 0 Å². The van der Waals surface area contributed by atoms with E-state index in [1.807, 2.05) is 0 Å². The number of rotatable bonds is 2. The van der Waals surface area contributed by atoms with Crippen LogP contribution in [-0.4, -0.2) is 46.9 Å². The van der Waals surface area contributed by atoms with Crippen LogP contribution >= 0.6 is 0 Å². The summed E-state index contributed by atoms with van der Waals surface area (Å²) >= 11 is 0. The molecule has 0 saturated carbocycles. The normalized spacial score (nSPS) is 23.6. The first-order valence-corrected chi connectivity index (χ1v) is 6.67. The van der Waals surface area contributed by atoms with E-state index in [-0.39, 0.29) is 13.1 Å². The maximum Gasteiger partial charge on any atom is 0.393 e. The monoisotopic (exact) mass is 304 g/mol. The fourth-order valence-corrected chi connectivity index (χ4v) is 2.75. The first kappa shape index (κ1) is 15.8. The predicted octanol–water partition coefficient (Wildman–Crippen LogP) is 1.72. The van der Waals surface area contributed by atoms with Crippen molar-refractivity contribution in [3.8, 4) is 0 Å². The van der Waals surface area contributed by atoms with Crippen molar-refractivity contribution in [2.24, 2.45) is 18.9 Å². The van der Waals surface area contributed by atoms with E-state index in [1.54, 1.807) is 27.9 Å². The van der Waals surface area contributed by atoms with E-state index in [9.17, 15) is 18.0 Å². The molecule has 21 heavy (non-hydrogen) atoms. The Morgan fingerprint density at radius 1 is 1.29 bits per heavy atom. The molecular formula is C13H19F3N4O. The van der Waals surface area contributed by atoms with E-state index < -0.39 is 23.9 Å². The smallest absolute Gasteiger partial charge is 0.310 e. The minimum absolute atomic E-state index is 0.103. The van der Waals surface area contributed by atoms with E-state index in [2.05, 4.69) is 10.4 Å². The zero-order chi connectivity index (χ0) is 15.9. The molecule has 2 heterocycles. The summed E-state index contributed by atoms with van der Waals surface area (Å²) in [7, 11) is 3.24. The predicted molar refractivity (Wildman–Crippen MR) is 71.8 cm³/mol. The Balaban J connectivity index is 2.19. The van der Waals surface area contributed by atoms with Crippen LogP contribution < -0.4 is 5.32 Å². The van der Waals surface area contributed by atoms with Crippen LogP contribution in [0.1, 0.15) is 11.3 Å². The lowest BCUT2D eigenvalue weighted by molar-refractivity contribution is -0.182. The summed E-state index contributed by atoms with van der Waals surface area (Å²) in [6.45, 7) is 3.52. The molecule has 0 aliphatic carbocycles. The zero-order valence-corrected chi connectivity index (χ0v) is 12.5. The largest absolute Gasteiger partial charge is 0.393 e. The third-order valence-electron chi connectivity index (χ3n) is 4.02. The molecule has 1 aromatic rings. The lowest BCUT2D eigenvalue weighted by atomic mass is 9.94. The molecule has 1 N–H and O–H groups in total. The molecule has 0 radical (unpaired) electrons. The van der Waals surface area contributed by atoms with Gasteiger partial charge in [-0.05, 0) is 20.9 Å². The number of nitrogens with one attached hydrogen (secondary N) is 1. The van der Waals surface area contributed by atoms with Crippen molar-refractivity contribution in [3.05, 3.63) is 11.3 Å². The molecular weight excluding hydrogens is 285 g/mol. The molecule has 5 nitrogen and oxygen atoms in total. The number of carbonyl (C=O) groups excluding carboxylic acids is 1. The average molecular weight is 304 g/mol. The van der Waals surface area contributed by atoms with Gasteiger partial charge in [0.1, 0.15) is 5.82 Å². The van der Waals surface area contributed by atoms with E-state index in [1.165, 1.54) is 9.58 Å². The molecule has 0 unspecified atom stereocenters. The SMILES string of the molecule is Cc1nn(C)c(NC(=O)[C@@H]2CN(C)C[C@H]2C(F)(F)F)c1C. The molecule has 1 saturated heterocycles. The van der Waals surface area contributed by atoms with Gasteiger partial charge in [0, 0.05) is 25.7 Å². The number of aryl methyl sites for hydroxylation is 2. The second-order valence-corrected chi connectivity index (χ2v) is 5.65. The standard InChI is InChI=1S/C13H19F3N4O/c1-7-8(2)18-20(4)11(7)17-12(21)9-5-19(3)6-10(9)13(14,15)16/h9-10H,5-6H2,1-4H3,(H,17,21)/t9-,10-/m1/s1. The van der Waals surface area contributed by atoms with Crippen molar-refractivity contribution < 1.29 is 18.0 Å². The third-order valence-corrected chi connectivity index (χ3v) is 4.02. The van der Waals surface area contributed by atoms with E-state index >= 15 is 0 Å². The minimum atomic E-state index is -4.37. The number of alkyl halides is 3. The average Bonchev–Trinajstić information content (AvgIpc) is 2.85. The van der Waals surface area contributed by atoms with Crippen LogP contribution in [0.4, 0.5) is 19.0 Å².